The van der Waals surface area contributed by atoms with E-state index in [2.05, 4.69) is 17.1 Å². The standard InChI is InChI=1S/C21H24BNO4/c1-25-19-5-4-16(17-11-21(27-20(17)19)7-2-3-8-21)18-10-14(6-9-23-18)15-12-22(24)26-13-15/h4-6,9-10,15,24H,2-3,7-8,11-13H2,1H3. The van der Waals surface area contributed by atoms with Crippen molar-refractivity contribution in [1.29, 1.82) is 0 Å². The molecule has 1 atom stereocenters. The third-order valence-electron chi connectivity index (χ3n) is 6.28. The van der Waals surface area contributed by atoms with E-state index in [1.54, 1.807) is 7.11 Å². The molecule has 3 heterocycles. The molecule has 0 bridgehead atoms. The number of pyridine rings is 1. The lowest BCUT2D eigenvalue weighted by molar-refractivity contribution is 0.0996. The molecule has 2 aliphatic heterocycles. The average Bonchev–Trinajstić information content (AvgIpc) is 3.41. The molecule has 0 radical (unpaired) electrons. The molecule has 1 saturated carbocycles. The van der Waals surface area contributed by atoms with Crippen LogP contribution in [-0.4, -0.2) is 36.4 Å². The van der Waals surface area contributed by atoms with Gasteiger partial charge in [-0.1, -0.05) is 0 Å². The van der Waals surface area contributed by atoms with Crippen molar-refractivity contribution in [2.24, 2.45) is 0 Å². The monoisotopic (exact) mass is 365 g/mol. The van der Waals surface area contributed by atoms with Crippen LogP contribution in [0.1, 0.15) is 42.7 Å². The van der Waals surface area contributed by atoms with Gasteiger partial charge in [0.05, 0.1) is 12.8 Å². The minimum atomic E-state index is -0.660. The van der Waals surface area contributed by atoms with Crippen molar-refractivity contribution in [2.45, 2.75) is 49.9 Å². The third-order valence-corrected chi connectivity index (χ3v) is 6.28. The Hall–Kier alpha value is -2.05. The summed E-state index contributed by atoms with van der Waals surface area (Å²) in [5.41, 5.74) is 4.38. The van der Waals surface area contributed by atoms with Gasteiger partial charge >= 0.3 is 7.12 Å². The van der Waals surface area contributed by atoms with E-state index >= 15 is 0 Å². The Morgan fingerprint density at radius 2 is 2.11 bits per heavy atom. The van der Waals surface area contributed by atoms with Crippen molar-refractivity contribution >= 4 is 7.12 Å². The van der Waals surface area contributed by atoms with Gasteiger partial charge < -0.3 is 19.2 Å². The van der Waals surface area contributed by atoms with Crippen molar-refractivity contribution in [2.75, 3.05) is 13.7 Å². The summed E-state index contributed by atoms with van der Waals surface area (Å²) < 4.78 is 17.4. The van der Waals surface area contributed by atoms with Crippen molar-refractivity contribution in [1.82, 2.24) is 4.98 Å². The number of rotatable bonds is 3. The number of nitrogens with zero attached hydrogens (tertiary/aromatic N) is 1. The summed E-state index contributed by atoms with van der Waals surface area (Å²) >= 11 is 0. The highest BCUT2D eigenvalue weighted by atomic mass is 16.5. The molecule has 0 amide bonds. The van der Waals surface area contributed by atoms with Crippen LogP contribution in [0.15, 0.2) is 30.5 Å². The predicted molar refractivity (Wildman–Crippen MR) is 103 cm³/mol. The summed E-state index contributed by atoms with van der Waals surface area (Å²) in [7, 11) is 1.04. The second kappa shape index (κ2) is 6.53. The zero-order valence-electron chi connectivity index (χ0n) is 15.6. The summed E-state index contributed by atoms with van der Waals surface area (Å²) in [5, 5.41) is 9.68. The van der Waals surface area contributed by atoms with Crippen LogP contribution < -0.4 is 9.47 Å². The van der Waals surface area contributed by atoms with Crippen molar-refractivity contribution in [3.8, 4) is 22.8 Å². The van der Waals surface area contributed by atoms with E-state index in [0.29, 0.717) is 12.9 Å². The highest BCUT2D eigenvalue weighted by Gasteiger charge is 2.44. The normalized spacial score (nSPS) is 22.9. The fraction of sp³-hybridized carbons (Fsp3) is 0.476. The fourth-order valence-electron chi connectivity index (χ4n) is 4.85. The molecule has 1 N–H and O–H groups in total. The molecule has 5 nitrogen and oxygen atoms in total. The van der Waals surface area contributed by atoms with E-state index in [0.717, 1.165) is 47.6 Å². The molecule has 1 aromatic heterocycles. The van der Waals surface area contributed by atoms with Crippen LogP contribution >= 0.6 is 0 Å². The van der Waals surface area contributed by atoms with Crippen LogP contribution in [0.2, 0.25) is 6.32 Å². The maximum Gasteiger partial charge on any atom is 0.454 e. The lowest BCUT2D eigenvalue weighted by Crippen LogP contribution is -2.30. The summed E-state index contributed by atoms with van der Waals surface area (Å²) in [6.07, 6.45) is 8.08. The zero-order valence-corrected chi connectivity index (χ0v) is 15.6. The van der Waals surface area contributed by atoms with Gasteiger partial charge in [-0.05, 0) is 61.8 Å². The van der Waals surface area contributed by atoms with E-state index in [4.69, 9.17) is 14.1 Å². The number of benzene rings is 1. The maximum atomic E-state index is 9.68. The Kier molecular flexibility index (Phi) is 4.13. The number of methoxy groups -OCH3 is 1. The van der Waals surface area contributed by atoms with E-state index in [-0.39, 0.29) is 11.5 Å². The molecule has 2 fully saturated rings. The van der Waals surface area contributed by atoms with Crippen LogP contribution in [-0.2, 0) is 11.1 Å². The van der Waals surface area contributed by atoms with E-state index in [1.807, 2.05) is 18.3 Å². The van der Waals surface area contributed by atoms with E-state index in [9.17, 15) is 5.02 Å². The van der Waals surface area contributed by atoms with Crippen molar-refractivity contribution in [3.63, 3.8) is 0 Å². The lowest BCUT2D eigenvalue weighted by atomic mass is 9.79. The molecule has 5 rings (SSSR count). The van der Waals surface area contributed by atoms with Crippen molar-refractivity contribution in [3.05, 3.63) is 41.6 Å². The SMILES string of the molecule is COc1ccc(-c2cc(C3COB(O)C3)ccn2)c2c1OC1(CCCC1)C2. The molecular formula is C21H24BNO4. The van der Waals surface area contributed by atoms with Gasteiger partial charge in [0, 0.05) is 36.3 Å². The van der Waals surface area contributed by atoms with Crippen molar-refractivity contribution < 1.29 is 19.2 Å². The molecule has 1 unspecified atom stereocenters. The largest absolute Gasteiger partial charge is 0.493 e. The molecule has 3 aliphatic rings. The number of ether oxygens (including phenoxy) is 2. The second-order valence-electron chi connectivity index (χ2n) is 7.99. The predicted octanol–water partition coefficient (Wildman–Crippen LogP) is 3.60. The maximum absolute atomic E-state index is 9.68. The topological polar surface area (TPSA) is 60.8 Å². The molecule has 27 heavy (non-hydrogen) atoms. The van der Waals surface area contributed by atoms with Crippen LogP contribution in [0.25, 0.3) is 11.3 Å². The molecule has 2 aromatic rings. The smallest absolute Gasteiger partial charge is 0.454 e. The second-order valence-corrected chi connectivity index (χ2v) is 7.99. The number of hydrogen-bond donors (Lipinski definition) is 1. The summed E-state index contributed by atoms with van der Waals surface area (Å²) in [5.74, 6) is 1.91. The number of fused-ring (bicyclic) bond motifs is 1. The first-order valence-corrected chi connectivity index (χ1v) is 9.82. The fourth-order valence-corrected chi connectivity index (χ4v) is 4.85. The first kappa shape index (κ1) is 17.1. The van der Waals surface area contributed by atoms with Crippen LogP contribution in [0.4, 0.5) is 0 Å². The van der Waals surface area contributed by atoms with E-state index < -0.39 is 7.12 Å². The van der Waals surface area contributed by atoms with Gasteiger partial charge in [-0.3, -0.25) is 4.98 Å². The van der Waals surface area contributed by atoms with Gasteiger partial charge in [-0.15, -0.1) is 0 Å². The van der Waals surface area contributed by atoms with Gasteiger partial charge in [0.2, 0.25) is 0 Å². The molecular weight excluding hydrogens is 341 g/mol. The van der Waals surface area contributed by atoms with E-state index in [1.165, 1.54) is 18.4 Å². The third kappa shape index (κ3) is 2.91. The zero-order chi connectivity index (χ0) is 18.4. The summed E-state index contributed by atoms with van der Waals surface area (Å²) in [6.45, 7) is 0.553. The first-order chi connectivity index (χ1) is 13.2. The Balaban J connectivity index is 1.54. The van der Waals surface area contributed by atoms with Gasteiger partial charge in [0.1, 0.15) is 5.60 Å². The Labute approximate surface area is 159 Å². The Morgan fingerprint density at radius 3 is 2.85 bits per heavy atom. The van der Waals surface area contributed by atoms with Gasteiger partial charge in [0.25, 0.3) is 0 Å². The van der Waals surface area contributed by atoms with Crippen LogP contribution in [0.5, 0.6) is 11.5 Å². The quantitative estimate of drug-likeness (QED) is 0.843. The summed E-state index contributed by atoms with van der Waals surface area (Å²) in [6, 6.07) is 8.24. The highest BCUT2D eigenvalue weighted by molar-refractivity contribution is 6.43. The highest BCUT2D eigenvalue weighted by Crippen LogP contribution is 2.51. The number of hydrogen-bond acceptors (Lipinski definition) is 5. The molecule has 1 spiro atoms. The molecule has 140 valence electrons. The minimum absolute atomic E-state index is 0.0628. The minimum Gasteiger partial charge on any atom is -0.493 e. The molecule has 6 heteroatoms. The summed E-state index contributed by atoms with van der Waals surface area (Å²) in [4.78, 5) is 4.65. The molecule has 1 aliphatic carbocycles. The van der Waals surface area contributed by atoms with Gasteiger partial charge in [-0.2, -0.15) is 0 Å². The van der Waals surface area contributed by atoms with Crippen LogP contribution in [0, 0.1) is 0 Å². The molecule has 1 saturated heterocycles. The average molecular weight is 365 g/mol. The van der Waals surface area contributed by atoms with Crippen LogP contribution in [0.3, 0.4) is 0 Å². The number of aromatic nitrogens is 1. The Bertz CT molecular complexity index is 865. The first-order valence-electron chi connectivity index (χ1n) is 9.82. The van der Waals surface area contributed by atoms with Gasteiger partial charge in [0.15, 0.2) is 11.5 Å². The lowest BCUT2D eigenvalue weighted by Gasteiger charge is -2.22. The molecule has 1 aromatic carbocycles. The van der Waals surface area contributed by atoms with Gasteiger partial charge in [-0.25, -0.2) is 0 Å². The Morgan fingerprint density at radius 1 is 1.26 bits per heavy atom.